The maximum atomic E-state index is 4.30. The third-order valence-corrected chi connectivity index (χ3v) is 2.09. The zero-order chi connectivity index (χ0) is 8.23. The third kappa shape index (κ3) is 2.66. The van der Waals surface area contributed by atoms with Gasteiger partial charge in [-0.15, -0.1) is 12.4 Å². The third-order valence-electron chi connectivity index (χ3n) is 2.09. The molecule has 0 saturated carbocycles. The molecule has 1 aromatic rings. The van der Waals surface area contributed by atoms with Crippen molar-refractivity contribution in [2.45, 2.75) is 6.04 Å². The minimum absolute atomic E-state index is 0. The second-order valence-corrected chi connectivity index (χ2v) is 2.97. The van der Waals surface area contributed by atoms with E-state index in [2.05, 4.69) is 21.7 Å². The molecule has 1 aromatic heterocycles. The van der Waals surface area contributed by atoms with E-state index in [1.54, 1.807) is 0 Å². The number of hydrogen-bond donors (Lipinski definition) is 2. The molecule has 72 valence electrons. The molecule has 3 nitrogen and oxygen atoms in total. The van der Waals surface area contributed by atoms with Gasteiger partial charge in [0.05, 0.1) is 11.7 Å². The second-order valence-electron chi connectivity index (χ2n) is 2.97. The van der Waals surface area contributed by atoms with E-state index >= 15 is 0 Å². The summed E-state index contributed by atoms with van der Waals surface area (Å²) in [6, 6.07) is 6.42. The van der Waals surface area contributed by atoms with Crippen molar-refractivity contribution in [3.63, 3.8) is 0 Å². The minimum Gasteiger partial charge on any atom is -0.314 e. The molecule has 2 rings (SSSR count). The van der Waals surface area contributed by atoms with Crippen molar-refractivity contribution < 1.29 is 0 Å². The fourth-order valence-electron chi connectivity index (χ4n) is 1.44. The van der Waals surface area contributed by atoms with Gasteiger partial charge in [0.25, 0.3) is 0 Å². The fraction of sp³-hybridized carbons (Fsp3) is 0.444. The van der Waals surface area contributed by atoms with Gasteiger partial charge in [-0.3, -0.25) is 4.98 Å². The highest BCUT2D eigenvalue weighted by Crippen LogP contribution is 2.08. The molecule has 0 unspecified atom stereocenters. The molecule has 0 bridgehead atoms. The first kappa shape index (κ1) is 10.4. The van der Waals surface area contributed by atoms with Crippen LogP contribution in [0.15, 0.2) is 24.4 Å². The molecule has 1 fully saturated rings. The molecular formula is C9H14ClN3. The Hall–Kier alpha value is -0.640. The molecule has 2 heterocycles. The number of hydrogen-bond acceptors (Lipinski definition) is 3. The van der Waals surface area contributed by atoms with Crippen molar-refractivity contribution >= 4 is 12.4 Å². The van der Waals surface area contributed by atoms with Crippen molar-refractivity contribution in [2.75, 3.05) is 19.6 Å². The lowest BCUT2D eigenvalue weighted by Gasteiger charge is -2.23. The van der Waals surface area contributed by atoms with E-state index in [1.165, 1.54) is 0 Å². The standard InChI is InChI=1S/C9H13N3.ClH/c1-2-4-11-8(3-1)9-7-10-5-6-12-9;/h1-4,9-10,12H,5-7H2;1H/t9-;/m0./s1. The SMILES string of the molecule is Cl.c1ccc([C@@H]2CNCCN2)nc1. The van der Waals surface area contributed by atoms with Gasteiger partial charge in [0.2, 0.25) is 0 Å². The Morgan fingerprint density at radius 2 is 2.23 bits per heavy atom. The molecule has 0 spiro atoms. The summed E-state index contributed by atoms with van der Waals surface area (Å²) in [6.07, 6.45) is 1.84. The van der Waals surface area contributed by atoms with Gasteiger partial charge in [-0.25, -0.2) is 0 Å². The van der Waals surface area contributed by atoms with Crippen LogP contribution in [0.1, 0.15) is 11.7 Å². The highest BCUT2D eigenvalue weighted by Gasteiger charge is 2.13. The molecule has 4 heteroatoms. The molecular weight excluding hydrogens is 186 g/mol. The van der Waals surface area contributed by atoms with Crippen LogP contribution >= 0.6 is 12.4 Å². The van der Waals surface area contributed by atoms with Crippen molar-refractivity contribution in [3.05, 3.63) is 30.1 Å². The number of nitrogens with zero attached hydrogens (tertiary/aromatic N) is 1. The Kier molecular flexibility index (Phi) is 4.15. The average molecular weight is 200 g/mol. The summed E-state index contributed by atoms with van der Waals surface area (Å²) < 4.78 is 0. The summed E-state index contributed by atoms with van der Waals surface area (Å²) in [5.74, 6) is 0. The van der Waals surface area contributed by atoms with E-state index in [4.69, 9.17) is 0 Å². The monoisotopic (exact) mass is 199 g/mol. The Labute approximate surface area is 84.4 Å². The summed E-state index contributed by atoms with van der Waals surface area (Å²) in [7, 11) is 0. The smallest absolute Gasteiger partial charge is 0.0622 e. The summed E-state index contributed by atoms with van der Waals surface area (Å²) in [5, 5.41) is 6.74. The Morgan fingerprint density at radius 3 is 2.85 bits per heavy atom. The van der Waals surface area contributed by atoms with E-state index in [9.17, 15) is 0 Å². The minimum atomic E-state index is 0. The number of pyridine rings is 1. The first-order valence-electron chi connectivity index (χ1n) is 4.32. The molecule has 1 aliphatic rings. The summed E-state index contributed by atoms with van der Waals surface area (Å²) >= 11 is 0. The zero-order valence-electron chi connectivity index (χ0n) is 7.36. The largest absolute Gasteiger partial charge is 0.314 e. The van der Waals surface area contributed by atoms with Crippen LogP contribution in [0.3, 0.4) is 0 Å². The maximum Gasteiger partial charge on any atom is 0.0622 e. The summed E-state index contributed by atoms with van der Waals surface area (Å²) in [6.45, 7) is 3.07. The van der Waals surface area contributed by atoms with Gasteiger partial charge in [0.1, 0.15) is 0 Å². The number of nitrogens with one attached hydrogen (secondary N) is 2. The van der Waals surface area contributed by atoms with E-state index in [0.29, 0.717) is 6.04 Å². The lowest BCUT2D eigenvalue weighted by molar-refractivity contribution is 0.423. The van der Waals surface area contributed by atoms with Crippen LogP contribution in [-0.2, 0) is 0 Å². The van der Waals surface area contributed by atoms with E-state index in [-0.39, 0.29) is 12.4 Å². The molecule has 1 atom stereocenters. The second kappa shape index (κ2) is 5.17. The van der Waals surface area contributed by atoms with E-state index in [1.807, 2.05) is 18.3 Å². The zero-order valence-corrected chi connectivity index (χ0v) is 8.18. The number of rotatable bonds is 1. The van der Waals surface area contributed by atoms with E-state index in [0.717, 1.165) is 25.3 Å². The van der Waals surface area contributed by atoms with Crippen LogP contribution in [0.4, 0.5) is 0 Å². The first-order chi connectivity index (χ1) is 5.97. The highest BCUT2D eigenvalue weighted by molar-refractivity contribution is 5.85. The fourth-order valence-corrected chi connectivity index (χ4v) is 1.44. The van der Waals surface area contributed by atoms with Crippen LogP contribution in [0.5, 0.6) is 0 Å². The molecule has 0 aromatic carbocycles. The number of aromatic nitrogens is 1. The van der Waals surface area contributed by atoms with Crippen LogP contribution < -0.4 is 10.6 Å². The summed E-state index contributed by atoms with van der Waals surface area (Å²) in [4.78, 5) is 4.30. The normalized spacial score (nSPS) is 22.0. The molecule has 0 radical (unpaired) electrons. The predicted octanol–water partition coefficient (Wildman–Crippen LogP) is 0.737. The number of halogens is 1. The molecule has 0 amide bonds. The Bertz CT molecular complexity index is 234. The lowest BCUT2D eigenvalue weighted by Crippen LogP contribution is -2.42. The first-order valence-corrected chi connectivity index (χ1v) is 4.32. The van der Waals surface area contributed by atoms with Gasteiger partial charge in [0.15, 0.2) is 0 Å². The van der Waals surface area contributed by atoms with Crippen LogP contribution in [0.2, 0.25) is 0 Å². The van der Waals surface area contributed by atoms with Crippen molar-refractivity contribution in [1.29, 1.82) is 0 Å². The van der Waals surface area contributed by atoms with Gasteiger partial charge in [-0.2, -0.15) is 0 Å². The Morgan fingerprint density at radius 1 is 1.31 bits per heavy atom. The molecule has 0 aliphatic carbocycles. The van der Waals surface area contributed by atoms with Gasteiger partial charge in [0, 0.05) is 25.8 Å². The van der Waals surface area contributed by atoms with Crippen LogP contribution in [-0.4, -0.2) is 24.6 Å². The van der Waals surface area contributed by atoms with Gasteiger partial charge in [-0.05, 0) is 12.1 Å². The van der Waals surface area contributed by atoms with E-state index < -0.39 is 0 Å². The molecule has 1 aliphatic heterocycles. The highest BCUT2D eigenvalue weighted by atomic mass is 35.5. The Balaban J connectivity index is 0.000000845. The molecule has 1 saturated heterocycles. The molecule has 2 N–H and O–H groups in total. The molecule has 13 heavy (non-hydrogen) atoms. The van der Waals surface area contributed by atoms with Gasteiger partial charge >= 0.3 is 0 Å². The van der Waals surface area contributed by atoms with Gasteiger partial charge in [-0.1, -0.05) is 6.07 Å². The van der Waals surface area contributed by atoms with Gasteiger partial charge < -0.3 is 10.6 Å². The lowest BCUT2D eigenvalue weighted by atomic mass is 10.1. The quantitative estimate of drug-likeness (QED) is 0.701. The summed E-state index contributed by atoms with van der Waals surface area (Å²) in [5.41, 5.74) is 1.13. The van der Waals surface area contributed by atoms with Crippen molar-refractivity contribution in [1.82, 2.24) is 15.6 Å². The topological polar surface area (TPSA) is 37.0 Å². The van der Waals surface area contributed by atoms with Crippen molar-refractivity contribution in [3.8, 4) is 0 Å². The average Bonchev–Trinajstić information content (AvgIpc) is 2.21. The maximum absolute atomic E-state index is 4.30. The predicted molar refractivity (Wildman–Crippen MR) is 55.1 cm³/mol. The van der Waals surface area contributed by atoms with Crippen LogP contribution in [0, 0.1) is 0 Å². The number of piperazine rings is 1. The van der Waals surface area contributed by atoms with Crippen LogP contribution in [0.25, 0.3) is 0 Å². The van der Waals surface area contributed by atoms with Crippen molar-refractivity contribution in [2.24, 2.45) is 0 Å².